The van der Waals surface area contributed by atoms with E-state index in [1.165, 1.54) is 36.2 Å². The van der Waals surface area contributed by atoms with E-state index in [-0.39, 0.29) is 41.9 Å². The van der Waals surface area contributed by atoms with Gasteiger partial charge in [-0.25, -0.2) is 9.88 Å². The molecule has 1 N–H and O–H groups in total. The number of phenolic OH excluding ortho intramolecular Hbond substituents is 1. The summed E-state index contributed by atoms with van der Waals surface area (Å²) >= 11 is 7.91. The van der Waals surface area contributed by atoms with Gasteiger partial charge in [0.25, 0.3) is 0 Å². The molecular formula is C49H40ClN5O8S. The fourth-order valence-corrected chi connectivity index (χ4v) is 12.3. The molecule has 4 aliphatic rings. The topological polar surface area (TPSA) is 157 Å². The van der Waals surface area contributed by atoms with Gasteiger partial charge in [0.2, 0.25) is 29.5 Å². The molecule has 0 bridgehead atoms. The first-order valence-corrected chi connectivity index (χ1v) is 22.1. The number of para-hydroxylation sites is 2. The zero-order chi connectivity index (χ0) is 44.5. The van der Waals surface area contributed by atoms with Crippen LogP contribution in [0.1, 0.15) is 36.8 Å². The Labute approximate surface area is 375 Å². The number of anilines is 2. The second kappa shape index (κ2) is 14.4. The lowest BCUT2D eigenvalue weighted by Crippen LogP contribution is -2.49. The quantitative estimate of drug-likeness (QED) is 0.121. The minimum absolute atomic E-state index is 0.116. The third-order valence-corrected chi connectivity index (χ3v) is 15.5. The van der Waals surface area contributed by atoms with Crippen LogP contribution in [0.25, 0.3) is 43.2 Å². The number of carbonyl (C=O) groups is 4. The Balaban J connectivity index is 0.998. The number of hydrogen-bond donors (Lipinski definition) is 1. The first-order chi connectivity index (χ1) is 30.8. The van der Waals surface area contributed by atoms with Crippen LogP contribution in [-0.4, -0.2) is 57.7 Å². The van der Waals surface area contributed by atoms with Crippen LogP contribution in [-0.2, 0) is 26.2 Å². The van der Waals surface area contributed by atoms with E-state index in [1.54, 1.807) is 60.3 Å². The molecule has 2 saturated heterocycles. The van der Waals surface area contributed by atoms with Crippen LogP contribution in [0.5, 0.6) is 17.2 Å². The lowest BCUT2D eigenvalue weighted by Gasteiger charge is -2.49. The lowest BCUT2D eigenvalue weighted by molar-refractivity contribution is -0.131. The molecule has 322 valence electrons. The van der Waals surface area contributed by atoms with Crippen LogP contribution in [0.3, 0.4) is 0 Å². The number of oxazole rings is 1. The van der Waals surface area contributed by atoms with Gasteiger partial charge in [0, 0.05) is 52.0 Å². The standard InChI is InChI=1S/C49H40ClN5O8S/c1-23-30-18-25(50)12-17-38(30)64-43(23)34-22-39(53(3)52-34)55-46(58)32-21-31-28(42(49(32,2)48(55)60)41-36(61-4)19-27(56)20-37(41)62-5)15-16-29-40(31)47(59)54(45(29)57)26-13-10-24(11-14-26)44-51-33-8-6-7-9-35(33)63-44/h6-15,17-20,22,29,31-32,40,42,56H,16,21H2,1-5H3/t29-,31+,32-,40-,42+,49+/m0/s1. The van der Waals surface area contributed by atoms with Crippen molar-refractivity contribution in [3.8, 4) is 39.3 Å². The van der Waals surface area contributed by atoms with Gasteiger partial charge < -0.3 is 19.0 Å². The van der Waals surface area contributed by atoms with E-state index in [0.717, 1.165) is 26.1 Å². The average molecular weight is 894 g/mol. The minimum Gasteiger partial charge on any atom is -0.508 e. The molecule has 6 atom stereocenters. The fraction of sp³-hybridized carbons (Fsp3) is 0.265. The number of nitrogens with zero attached hydrogens (tertiary/aromatic N) is 5. The Morgan fingerprint density at radius 1 is 0.891 bits per heavy atom. The number of ether oxygens (including phenoxy) is 2. The van der Waals surface area contributed by atoms with Gasteiger partial charge in [0.1, 0.15) is 34.3 Å². The van der Waals surface area contributed by atoms with Crippen LogP contribution in [0, 0.1) is 36.0 Å². The second-order valence-corrected chi connectivity index (χ2v) is 18.7. The molecule has 4 aromatic carbocycles. The SMILES string of the molecule is COc1cc(O)cc(OC)c1[C@H]1C2=CC[C@@H]3C(=O)N(c4ccc(-c5nc6ccccc6o5)cc4)C(=O)[C@@H]3[C@@H]2C[C@H]2C(=O)N(c3cc(-c4sc5ccc(Cl)cc5c4C)nn3C)C(=O)[C@@]12C. The highest BCUT2D eigenvalue weighted by Gasteiger charge is 2.68. The van der Waals surface area contributed by atoms with Crippen molar-refractivity contribution >= 4 is 79.3 Å². The van der Waals surface area contributed by atoms with Crippen molar-refractivity contribution in [2.24, 2.45) is 36.1 Å². The molecule has 5 heterocycles. The van der Waals surface area contributed by atoms with Gasteiger partial charge in [-0.2, -0.15) is 5.10 Å². The molecule has 0 radical (unpaired) electrons. The summed E-state index contributed by atoms with van der Waals surface area (Å²) in [5.74, 6) is -4.43. The van der Waals surface area contributed by atoms with Crippen molar-refractivity contribution in [3.63, 3.8) is 0 Å². The van der Waals surface area contributed by atoms with Gasteiger partial charge in [0.05, 0.1) is 48.0 Å². The summed E-state index contributed by atoms with van der Waals surface area (Å²) in [5.41, 5.74) is 3.81. The number of hydrogen-bond acceptors (Lipinski definition) is 11. The Kier molecular flexibility index (Phi) is 8.99. The number of halogens is 1. The molecule has 1 saturated carbocycles. The van der Waals surface area contributed by atoms with Crippen molar-refractivity contribution in [1.29, 1.82) is 0 Å². The van der Waals surface area contributed by atoms with Gasteiger partial charge in [-0.05, 0) is 98.2 Å². The van der Waals surface area contributed by atoms with Crippen molar-refractivity contribution in [1.82, 2.24) is 14.8 Å². The number of aromatic nitrogens is 3. The average Bonchev–Trinajstić information content (AvgIpc) is 4.08. The molecule has 7 aromatic rings. The Morgan fingerprint density at radius 2 is 1.62 bits per heavy atom. The third kappa shape index (κ3) is 5.61. The maximum absolute atomic E-state index is 15.5. The molecular weight excluding hydrogens is 854 g/mol. The van der Waals surface area contributed by atoms with Gasteiger partial charge >= 0.3 is 0 Å². The molecule has 3 aromatic heterocycles. The van der Waals surface area contributed by atoms with E-state index >= 15 is 9.59 Å². The van der Waals surface area contributed by atoms with Gasteiger partial charge in [0.15, 0.2) is 5.58 Å². The van der Waals surface area contributed by atoms with E-state index < -0.39 is 46.8 Å². The molecule has 64 heavy (non-hydrogen) atoms. The molecule has 0 spiro atoms. The van der Waals surface area contributed by atoms with Crippen LogP contribution in [0.15, 0.2) is 101 Å². The van der Waals surface area contributed by atoms with E-state index in [0.29, 0.717) is 50.3 Å². The highest BCUT2D eigenvalue weighted by atomic mass is 35.5. The summed E-state index contributed by atoms with van der Waals surface area (Å²) in [5, 5.41) is 17.2. The van der Waals surface area contributed by atoms with Crippen LogP contribution < -0.4 is 19.3 Å². The van der Waals surface area contributed by atoms with Crippen LogP contribution >= 0.6 is 22.9 Å². The molecule has 0 unspecified atom stereocenters. The molecule has 13 nitrogen and oxygen atoms in total. The fourth-order valence-electron chi connectivity index (χ4n) is 11.0. The second-order valence-electron chi connectivity index (χ2n) is 17.2. The molecule has 3 fully saturated rings. The predicted octanol–water partition coefficient (Wildman–Crippen LogP) is 9.23. The predicted molar refractivity (Wildman–Crippen MR) is 242 cm³/mol. The summed E-state index contributed by atoms with van der Waals surface area (Å²) in [4.78, 5) is 67.9. The van der Waals surface area contributed by atoms with Crippen LogP contribution in [0.2, 0.25) is 5.02 Å². The van der Waals surface area contributed by atoms with Gasteiger partial charge in [-0.3, -0.25) is 28.8 Å². The molecule has 4 amide bonds. The number of allylic oxidation sites excluding steroid dienone is 2. The third-order valence-electron chi connectivity index (χ3n) is 14.0. The Bertz CT molecular complexity index is 3150. The summed E-state index contributed by atoms with van der Waals surface area (Å²) in [6, 6.07) is 24.8. The maximum Gasteiger partial charge on any atom is 0.242 e. The monoisotopic (exact) mass is 893 g/mol. The number of rotatable bonds is 7. The number of fused-ring (bicyclic) bond motifs is 6. The summed E-state index contributed by atoms with van der Waals surface area (Å²) < 4.78 is 20.3. The van der Waals surface area contributed by atoms with E-state index in [1.807, 2.05) is 55.5 Å². The minimum atomic E-state index is -1.43. The van der Waals surface area contributed by atoms with E-state index in [9.17, 15) is 14.7 Å². The molecule has 2 aliphatic heterocycles. The number of aromatic hydroxyl groups is 1. The number of thiophene rings is 1. The van der Waals surface area contributed by atoms with E-state index in [2.05, 4.69) is 4.98 Å². The molecule has 15 heteroatoms. The largest absolute Gasteiger partial charge is 0.508 e. The highest BCUT2D eigenvalue weighted by molar-refractivity contribution is 7.22. The maximum atomic E-state index is 15.5. The smallest absolute Gasteiger partial charge is 0.242 e. The van der Waals surface area contributed by atoms with Crippen molar-refractivity contribution in [2.75, 3.05) is 24.0 Å². The van der Waals surface area contributed by atoms with Crippen molar-refractivity contribution in [2.45, 2.75) is 32.6 Å². The van der Waals surface area contributed by atoms with Gasteiger partial charge in [-0.15, -0.1) is 11.3 Å². The Morgan fingerprint density at radius 3 is 2.34 bits per heavy atom. The summed E-state index contributed by atoms with van der Waals surface area (Å²) in [6.45, 7) is 3.79. The number of aryl methyl sites for hydroxylation is 2. The summed E-state index contributed by atoms with van der Waals surface area (Å²) in [7, 11) is 4.63. The normalized spacial score (nSPS) is 24.1. The van der Waals surface area contributed by atoms with Crippen LogP contribution in [0.4, 0.5) is 11.5 Å². The highest BCUT2D eigenvalue weighted by Crippen LogP contribution is 2.66. The number of carbonyl (C=O) groups excluding carboxylic acids is 4. The number of methoxy groups -OCH3 is 2. The van der Waals surface area contributed by atoms with Crippen molar-refractivity contribution in [3.05, 3.63) is 113 Å². The number of amides is 4. The zero-order valence-corrected chi connectivity index (χ0v) is 36.9. The number of imide groups is 2. The first kappa shape index (κ1) is 40.0. The number of phenols is 1. The Hall–Kier alpha value is -6.77. The lowest BCUT2D eigenvalue weighted by atomic mass is 9.51. The first-order valence-electron chi connectivity index (χ1n) is 20.9. The van der Waals surface area contributed by atoms with Crippen molar-refractivity contribution < 1.29 is 38.2 Å². The zero-order valence-electron chi connectivity index (χ0n) is 35.3. The number of benzene rings is 4. The van der Waals surface area contributed by atoms with E-state index in [4.69, 9.17) is 30.6 Å². The molecule has 2 aliphatic carbocycles. The van der Waals surface area contributed by atoms with Gasteiger partial charge in [-0.1, -0.05) is 35.4 Å². The summed E-state index contributed by atoms with van der Waals surface area (Å²) in [6.07, 6.45) is 2.33. The molecule has 11 rings (SSSR count).